The van der Waals surface area contributed by atoms with Crippen molar-refractivity contribution in [1.29, 1.82) is 0 Å². The molecule has 0 spiro atoms. The van der Waals surface area contributed by atoms with Crippen LogP contribution in [0.25, 0.3) is 11.0 Å². The van der Waals surface area contributed by atoms with Crippen molar-refractivity contribution < 1.29 is 22.8 Å². The van der Waals surface area contributed by atoms with Crippen molar-refractivity contribution >= 4 is 34.6 Å². The minimum atomic E-state index is -5.09. The van der Waals surface area contributed by atoms with E-state index in [1.807, 2.05) is 0 Å². The van der Waals surface area contributed by atoms with Crippen LogP contribution in [0.3, 0.4) is 0 Å². The van der Waals surface area contributed by atoms with E-state index in [0.29, 0.717) is 36.7 Å². The van der Waals surface area contributed by atoms with E-state index in [9.17, 15) is 18.0 Å². The third-order valence-corrected chi connectivity index (χ3v) is 3.60. The van der Waals surface area contributed by atoms with E-state index in [4.69, 9.17) is 11.6 Å². The van der Waals surface area contributed by atoms with Crippen molar-refractivity contribution in [1.82, 2.24) is 15.0 Å². The number of benzene rings is 1. The minimum Gasteiger partial charge on any atom is -0.337 e. The zero-order valence-corrected chi connectivity index (χ0v) is 12.5. The van der Waals surface area contributed by atoms with Gasteiger partial charge in [-0.2, -0.15) is 13.2 Å². The summed E-state index contributed by atoms with van der Waals surface area (Å²) in [5.74, 6) is -2.16. The van der Waals surface area contributed by atoms with Crippen LogP contribution in [-0.4, -0.2) is 48.0 Å². The Morgan fingerprint density at radius 3 is 2.65 bits per heavy atom. The summed E-state index contributed by atoms with van der Waals surface area (Å²) < 4.78 is 38.4. The number of alkyl halides is 3. The molecule has 1 aromatic heterocycles. The van der Waals surface area contributed by atoms with Crippen LogP contribution < -0.4 is 15.1 Å². The standard InChI is InChI=1S/C13H12ClF3N4O2/c14-8-1-2-10-9(7-8)19-12(20-5-3-18-4-6-20)21(10)23-11(22)13(15,16)17/h1-2,7,18H,3-6H2. The van der Waals surface area contributed by atoms with Gasteiger partial charge in [0.25, 0.3) is 0 Å². The summed E-state index contributed by atoms with van der Waals surface area (Å²) in [4.78, 5) is 21.8. The highest BCUT2D eigenvalue weighted by atomic mass is 35.5. The number of aromatic nitrogens is 2. The first-order chi connectivity index (χ1) is 10.9. The monoisotopic (exact) mass is 348 g/mol. The Kier molecular flexibility index (Phi) is 4.07. The summed E-state index contributed by atoms with van der Waals surface area (Å²) in [6.07, 6.45) is -5.09. The van der Waals surface area contributed by atoms with Crippen LogP contribution in [0.15, 0.2) is 18.2 Å². The smallest absolute Gasteiger partial charge is 0.337 e. The van der Waals surface area contributed by atoms with Crippen molar-refractivity contribution in [2.24, 2.45) is 0 Å². The number of hydrogen-bond donors (Lipinski definition) is 1. The van der Waals surface area contributed by atoms with Gasteiger partial charge >= 0.3 is 12.1 Å². The molecular formula is C13H12ClF3N4O2. The fourth-order valence-electron chi connectivity index (χ4n) is 2.31. The van der Waals surface area contributed by atoms with Crippen molar-refractivity contribution in [2.45, 2.75) is 6.18 Å². The van der Waals surface area contributed by atoms with Gasteiger partial charge in [0.1, 0.15) is 5.52 Å². The largest absolute Gasteiger partial charge is 0.493 e. The molecule has 0 saturated carbocycles. The highest BCUT2D eigenvalue weighted by molar-refractivity contribution is 6.31. The van der Waals surface area contributed by atoms with E-state index < -0.39 is 12.1 Å². The number of nitrogens with zero attached hydrogens (tertiary/aromatic N) is 3. The van der Waals surface area contributed by atoms with Crippen LogP contribution in [0.5, 0.6) is 0 Å². The molecule has 124 valence electrons. The maximum Gasteiger partial charge on any atom is 0.493 e. The molecule has 1 fully saturated rings. The number of hydrogen-bond acceptors (Lipinski definition) is 5. The quantitative estimate of drug-likeness (QED) is 0.893. The Morgan fingerprint density at radius 1 is 1.30 bits per heavy atom. The molecule has 3 rings (SSSR count). The van der Waals surface area contributed by atoms with Crippen molar-refractivity contribution in [3.05, 3.63) is 23.2 Å². The van der Waals surface area contributed by atoms with Crippen LogP contribution in [-0.2, 0) is 4.79 Å². The Labute approximate surface area is 133 Å². The van der Waals surface area contributed by atoms with Gasteiger partial charge in [-0.1, -0.05) is 11.6 Å². The summed E-state index contributed by atoms with van der Waals surface area (Å²) in [6, 6.07) is 4.45. The average molecular weight is 349 g/mol. The van der Waals surface area contributed by atoms with E-state index in [2.05, 4.69) is 15.1 Å². The molecule has 10 heteroatoms. The molecule has 0 bridgehead atoms. The number of piperazine rings is 1. The Bertz CT molecular complexity index is 741. The molecule has 1 saturated heterocycles. The lowest BCUT2D eigenvalue weighted by Crippen LogP contribution is -2.45. The lowest BCUT2D eigenvalue weighted by molar-refractivity contribution is -0.199. The fraction of sp³-hybridized carbons (Fsp3) is 0.385. The molecule has 1 aromatic carbocycles. The van der Waals surface area contributed by atoms with Crippen LogP contribution in [0.1, 0.15) is 0 Å². The predicted octanol–water partition coefficient (Wildman–Crippen LogP) is 1.62. The molecule has 0 atom stereocenters. The van der Waals surface area contributed by atoms with E-state index in [1.165, 1.54) is 18.2 Å². The predicted molar refractivity (Wildman–Crippen MR) is 77.5 cm³/mol. The zero-order valence-electron chi connectivity index (χ0n) is 11.7. The van der Waals surface area contributed by atoms with E-state index >= 15 is 0 Å². The van der Waals surface area contributed by atoms with Gasteiger partial charge in [0.05, 0.1) is 5.52 Å². The topological polar surface area (TPSA) is 59.4 Å². The number of imidazole rings is 1. The summed E-state index contributed by atoms with van der Waals surface area (Å²) in [5.41, 5.74) is 0.585. The molecule has 0 aliphatic carbocycles. The molecule has 0 radical (unpaired) electrons. The second kappa shape index (κ2) is 5.89. The number of carbonyl (C=O) groups excluding carboxylic acids is 1. The molecule has 0 unspecified atom stereocenters. The molecule has 23 heavy (non-hydrogen) atoms. The van der Waals surface area contributed by atoms with Gasteiger partial charge in [-0.05, 0) is 18.2 Å². The van der Waals surface area contributed by atoms with E-state index in [-0.39, 0.29) is 11.5 Å². The molecule has 2 heterocycles. The van der Waals surface area contributed by atoms with Gasteiger partial charge in [-0.25, -0.2) is 9.78 Å². The van der Waals surface area contributed by atoms with Gasteiger partial charge in [-0.15, -0.1) is 4.73 Å². The third-order valence-electron chi connectivity index (χ3n) is 3.36. The number of fused-ring (bicyclic) bond motifs is 1. The van der Waals surface area contributed by atoms with E-state index in [1.54, 1.807) is 4.90 Å². The Balaban J connectivity index is 2.06. The summed E-state index contributed by atoms with van der Waals surface area (Å²) in [5, 5.41) is 3.51. The lowest BCUT2D eigenvalue weighted by Gasteiger charge is -2.28. The van der Waals surface area contributed by atoms with Crippen LogP contribution in [0, 0.1) is 0 Å². The Hall–Kier alpha value is -2.00. The van der Waals surface area contributed by atoms with Gasteiger partial charge in [0.2, 0.25) is 5.95 Å². The minimum absolute atomic E-state index is 0.140. The molecule has 0 amide bonds. The van der Waals surface area contributed by atoms with Crippen LogP contribution in [0.2, 0.25) is 5.02 Å². The first kappa shape index (κ1) is 15.9. The molecule has 2 aromatic rings. The van der Waals surface area contributed by atoms with Gasteiger partial charge in [0.15, 0.2) is 0 Å². The van der Waals surface area contributed by atoms with Gasteiger partial charge < -0.3 is 15.1 Å². The average Bonchev–Trinajstić information content (AvgIpc) is 2.85. The highest BCUT2D eigenvalue weighted by Gasteiger charge is 2.42. The molecule has 1 aliphatic rings. The maximum absolute atomic E-state index is 12.5. The van der Waals surface area contributed by atoms with Gasteiger partial charge in [0, 0.05) is 31.2 Å². The van der Waals surface area contributed by atoms with Crippen LogP contribution >= 0.6 is 11.6 Å². The summed E-state index contributed by atoms with van der Waals surface area (Å²) in [6.45, 7) is 2.36. The second-order valence-corrected chi connectivity index (χ2v) is 5.39. The first-order valence-electron chi connectivity index (χ1n) is 6.79. The second-order valence-electron chi connectivity index (χ2n) is 4.95. The molecule has 1 N–H and O–H groups in total. The van der Waals surface area contributed by atoms with Crippen molar-refractivity contribution in [3.63, 3.8) is 0 Å². The normalized spacial score (nSPS) is 15.9. The number of carbonyl (C=O) groups is 1. The van der Waals surface area contributed by atoms with E-state index in [0.717, 1.165) is 4.73 Å². The zero-order chi connectivity index (χ0) is 16.6. The van der Waals surface area contributed by atoms with Crippen molar-refractivity contribution in [3.8, 4) is 0 Å². The van der Waals surface area contributed by atoms with Gasteiger partial charge in [-0.3, -0.25) is 0 Å². The first-order valence-corrected chi connectivity index (χ1v) is 7.17. The summed E-state index contributed by atoms with van der Waals surface area (Å²) in [7, 11) is 0. The van der Waals surface area contributed by atoms with Crippen molar-refractivity contribution in [2.75, 3.05) is 31.1 Å². The number of rotatable bonds is 2. The summed E-state index contributed by atoms with van der Waals surface area (Å²) >= 11 is 5.88. The molecular weight excluding hydrogens is 337 g/mol. The SMILES string of the molecule is O=C(On1c(N2CCNCC2)nc2cc(Cl)ccc21)C(F)(F)F. The number of halogens is 4. The maximum atomic E-state index is 12.5. The third kappa shape index (κ3) is 3.20. The molecule has 6 nitrogen and oxygen atoms in total. The molecule has 1 aliphatic heterocycles. The number of nitrogens with one attached hydrogen (secondary N) is 1. The number of anilines is 1. The Morgan fingerprint density at radius 2 is 2.00 bits per heavy atom. The highest BCUT2D eigenvalue weighted by Crippen LogP contribution is 2.26. The fourth-order valence-corrected chi connectivity index (χ4v) is 2.47. The lowest BCUT2D eigenvalue weighted by atomic mass is 10.3. The van der Waals surface area contributed by atoms with Crippen LogP contribution in [0.4, 0.5) is 19.1 Å².